The van der Waals surface area contributed by atoms with E-state index in [1.54, 1.807) is 11.3 Å². The van der Waals surface area contributed by atoms with Crippen molar-refractivity contribution in [2.75, 3.05) is 6.54 Å². The molecule has 5 nitrogen and oxygen atoms in total. The van der Waals surface area contributed by atoms with Crippen LogP contribution < -0.4 is 16.0 Å². The van der Waals surface area contributed by atoms with Crippen LogP contribution >= 0.6 is 11.3 Å². The van der Waals surface area contributed by atoms with Gasteiger partial charge in [-0.2, -0.15) is 0 Å². The summed E-state index contributed by atoms with van der Waals surface area (Å²) in [6.07, 6.45) is 2.77. The van der Waals surface area contributed by atoms with Crippen LogP contribution in [0.5, 0.6) is 0 Å². The van der Waals surface area contributed by atoms with E-state index in [9.17, 15) is 9.59 Å². The summed E-state index contributed by atoms with van der Waals surface area (Å²) in [5.74, 6) is -0.185. The minimum absolute atomic E-state index is 0.0186. The molecule has 3 amide bonds. The predicted octanol–water partition coefficient (Wildman–Crippen LogP) is 2.61. The van der Waals surface area contributed by atoms with Crippen molar-refractivity contribution in [2.24, 2.45) is 0 Å². The van der Waals surface area contributed by atoms with Crippen LogP contribution in [0.15, 0.2) is 47.8 Å². The molecule has 1 saturated carbocycles. The number of carbonyl (C=O) groups excluding carboxylic acids is 2. The average molecular weight is 343 g/mol. The normalized spacial score (nSPS) is 14.7. The van der Waals surface area contributed by atoms with E-state index < -0.39 is 0 Å². The molecule has 0 bridgehead atoms. The fraction of sp³-hybridized carbons (Fsp3) is 0.333. The summed E-state index contributed by atoms with van der Waals surface area (Å²) in [5.41, 5.74) is 1.16. The van der Waals surface area contributed by atoms with E-state index in [1.807, 2.05) is 47.8 Å². The maximum Gasteiger partial charge on any atom is 0.315 e. The van der Waals surface area contributed by atoms with E-state index in [0.29, 0.717) is 0 Å². The molecule has 6 heteroatoms. The summed E-state index contributed by atoms with van der Waals surface area (Å²) in [4.78, 5) is 24.9. The SMILES string of the molecule is O=C(CNC(=O)NC1CC1)N[C@@H](Cc1ccccc1)c1cccs1. The molecule has 1 atom stereocenters. The number of carbonyl (C=O) groups is 2. The van der Waals surface area contributed by atoms with Gasteiger partial charge in [0.25, 0.3) is 0 Å². The minimum atomic E-state index is -0.275. The Bertz CT molecular complexity index is 669. The lowest BCUT2D eigenvalue weighted by molar-refractivity contribution is -0.120. The third kappa shape index (κ3) is 5.09. The lowest BCUT2D eigenvalue weighted by atomic mass is 10.0. The molecular formula is C18H21N3O2S. The zero-order valence-electron chi connectivity index (χ0n) is 13.3. The molecule has 126 valence electrons. The van der Waals surface area contributed by atoms with Crippen LogP contribution in [0.3, 0.4) is 0 Å². The average Bonchev–Trinajstić information content (AvgIpc) is 3.22. The summed E-state index contributed by atoms with van der Waals surface area (Å²) in [5, 5.41) is 10.4. The van der Waals surface area contributed by atoms with E-state index in [-0.39, 0.29) is 30.6 Å². The van der Waals surface area contributed by atoms with Gasteiger partial charge in [0.15, 0.2) is 0 Å². The van der Waals surface area contributed by atoms with Crippen molar-refractivity contribution in [1.29, 1.82) is 0 Å². The van der Waals surface area contributed by atoms with E-state index in [2.05, 4.69) is 16.0 Å². The zero-order chi connectivity index (χ0) is 16.8. The lowest BCUT2D eigenvalue weighted by Gasteiger charge is -2.18. The first kappa shape index (κ1) is 16.5. The smallest absolute Gasteiger partial charge is 0.315 e. The number of thiophene rings is 1. The Labute approximate surface area is 145 Å². The number of rotatable bonds is 7. The van der Waals surface area contributed by atoms with Crippen LogP contribution in [-0.2, 0) is 11.2 Å². The van der Waals surface area contributed by atoms with E-state index >= 15 is 0 Å². The Morgan fingerprint density at radius 1 is 1.12 bits per heavy atom. The molecule has 1 aromatic carbocycles. The molecule has 0 unspecified atom stereocenters. The van der Waals surface area contributed by atoms with Crippen LogP contribution in [0.2, 0.25) is 0 Å². The Hall–Kier alpha value is -2.34. The lowest BCUT2D eigenvalue weighted by Crippen LogP contribution is -2.43. The third-order valence-electron chi connectivity index (χ3n) is 3.83. The monoisotopic (exact) mass is 343 g/mol. The Morgan fingerprint density at radius 2 is 1.92 bits per heavy atom. The van der Waals surface area contributed by atoms with Crippen molar-refractivity contribution in [3.63, 3.8) is 0 Å². The molecule has 24 heavy (non-hydrogen) atoms. The second kappa shape index (κ2) is 7.97. The first-order chi connectivity index (χ1) is 11.7. The van der Waals surface area contributed by atoms with Crippen LogP contribution in [-0.4, -0.2) is 24.5 Å². The fourth-order valence-corrected chi connectivity index (χ4v) is 3.21. The van der Waals surface area contributed by atoms with Gasteiger partial charge in [0.05, 0.1) is 12.6 Å². The minimum Gasteiger partial charge on any atom is -0.347 e. The van der Waals surface area contributed by atoms with Gasteiger partial charge in [0.2, 0.25) is 5.91 Å². The van der Waals surface area contributed by atoms with Gasteiger partial charge in [-0.15, -0.1) is 11.3 Å². The highest BCUT2D eigenvalue weighted by Crippen LogP contribution is 2.23. The zero-order valence-corrected chi connectivity index (χ0v) is 14.1. The Kier molecular flexibility index (Phi) is 5.48. The molecule has 3 rings (SSSR count). The van der Waals surface area contributed by atoms with Crippen LogP contribution in [0, 0.1) is 0 Å². The van der Waals surface area contributed by atoms with Gasteiger partial charge in [-0.3, -0.25) is 4.79 Å². The van der Waals surface area contributed by atoms with Gasteiger partial charge < -0.3 is 16.0 Å². The number of amides is 3. The number of nitrogens with one attached hydrogen (secondary N) is 3. The molecule has 0 aliphatic heterocycles. The second-order valence-corrected chi connectivity index (χ2v) is 6.91. The van der Waals surface area contributed by atoms with Crippen molar-refractivity contribution in [3.05, 3.63) is 58.3 Å². The molecule has 1 fully saturated rings. The first-order valence-corrected chi connectivity index (χ1v) is 9.00. The molecule has 0 radical (unpaired) electrons. The molecular weight excluding hydrogens is 322 g/mol. The van der Waals surface area contributed by atoms with Gasteiger partial charge in [-0.1, -0.05) is 36.4 Å². The largest absolute Gasteiger partial charge is 0.347 e. The van der Waals surface area contributed by atoms with Crippen molar-refractivity contribution in [2.45, 2.75) is 31.3 Å². The van der Waals surface area contributed by atoms with Crippen LogP contribution in [0.25, 0.3) is 0 Å². The highest BCUT2D eigenvalue weighted by molar-refractivity contribution is 7.10. The standard InChI is InChI=1S/C18H21N3O2S/c22-17(12-19-18(23)20-14-8-9-14)21-15(16-7-4-10-24-16)11-13-5-2-1-3-6-13/h1-7,10,14-15H,8-9,11-12H2,(H,21,22)(H2,19,20,23)/t15-/m0/s1. The third-order valence-corrected chi connectivity index (χ3v) is 4.81. The molecule has 2 aromatic rings. The number of benzene rings is 1. The summed E-state index contributed by atoms with van der Waals surface area (Å²) < 4.78 is 0. The number of hydrogen-bond donors (Lipinski definition) is 3. The Morgan fingerprint density at radius 3 is 2.58 bits per heavy atom. The maximum atomic E-state index is 12.2. The second-order valence-electron chi connectivity index (χ2n) is 5.93. The maximum absolute atomic E-state index is 12.2. The first-order valence-electron chi connectivity index (χ1n) is 8.12. The summed E-state index contributed by atoms with van der Waals surface area (Å²) in [6, 6.07) is 14.0. The van der Waals surface area contributed by atoms with Crippen LogP contribution in [0.1, 0.15) is 29.3 Å². The van der Waals surface area contributed by atoms with Crippen molar-refractivity contribution >= 4 is 23.3 Å². The van der Waals surface area contributed by atoms with Gasteiger partial charge >= 0.3 is 6.03 Å². The fourth-order valence-electron chi connectivity index (χ4n) is 2.43. The van der Waals surface area contributed by atoms with Crippen LogP contribution in [0.4, 0.5) is 4.79 Å². The summed E-state index contributed by atoms with van der Waals surface area (Å²) in [7, 11) is 0. The molecule has 0 spiro atoms. The topological polar surface area (TPSA) is 70.2 Å². The highest BCUT2D eigenvalue weighted by Gasteiger charge is 2.23. The molecule has 1 heterocycles. The summed E-state index contributed by atoms with van der Waals surface area (Å²) >= 11 is 1.62. The molecule has 1 aliphatic rings. The van der Waals surface area contributed by atoms with E-state index in [1.165, 1.54) is 0 Å². The molecule has 3 N–H and O–H groups in total. The van der Waals surface area contributed by atoms with Crippen molar-refractivity contribution in [3.8, 4) is 0 Å². The van der Waals surface area contributed by atoms with Gasteiger partial charge in [-0.25, -0.2) is 4.79 Å². The summed E-state index contributed by atoms with van der Waals surface area (Å²) in [6.45, 7) is -0.0186. The Balaban J connectivity index is 1.54. The van der Waals surface area contributed by atoms with Crippen molar-refractivity contribution < 1.29 is 9.59 Å². The van der Waals surface area contributed by atoms with Crippen molar-refractivity contribution in [1.82, 2.24) is 16.0 Å². The van der Waals surface area contributed by atoms with E-state index in [0.717, 1.165) is 29.7 Å². The van der Waals surface area contributed by atoms with Gasteiger partial charge in [0, 0.05) is 10.9 Å². The predicted molar refractivity (Wildman–Crippen MR) is 94.9 cm³/mol. The van der Waals surface area contributed by atoms with Gasteiger partial charge in [0.1, 0.15) is 0 Å². The number of urea groups is 1. The molecule has 0 saturated heterocycles. The van der Waals surface area contributed by atoms with E-state index in [4.69, 9.17) is 0 Å². The molecule has 1 aromatic heterocycles. The highest BCUT2D eigenvalue weighted by atomic mass is 32.1. The quantitative estimate of drug-likeness (QED) is 0.723. The molecule has 1 aliphatic carbocycles. The number of hydrogen-bond acceptors (Lipinski definition) is 3. The van der Waals surface area contributed by atoms with Gasteiger partial charge in [-0.05, 0) is 36.3 Å².